The number of nitrogens with one attached hydrogen (secondary N) is 1. The third-order valence-electron chi connectivity index (χ3n) is 2.30. The Kier molecular flexibility index (Phi) is 4.32. The summed E-state index contributed by atoms with van der Waals surface area (Å²) in [6, 6.07) is 9.90. The third kappa shape index (κ3) is 3.37. The summed E-state index contributed by atoms with van der Waals surface area (Å²) < 4.78 is 40.6. The molecule has 0 atom stereocenters. The van der Waals surface area contributed by atoms with Crippen molar-refractivity contribution in [3.8, 4) is 0 Å². The van der Waals surface area contributed by atoms with Crippen molar-refractivity contribution in [2.45, 2.75) is 4.90 Å². The highest BCUT2D eigenvalue weighted by atomic mass is 127. The van der Waals surface area contributed by atoms with Gasteiger partial charge in [0.2, 0.25) is 0 Å². The summed E-state index contributed by atoms with van der Waals surface area (Å²) >= 11 is 7.74. The molecule has 0 aromatic heterocycles. The SMILES string of the molecule is O=S(=O)(Nc1ccc(Cl)cc1I)c1ccccc1F. The van der Waals surface area contributed by atoms with E-state index in [0.29, 0.717) is 14.3 Å². The number of halogens is 3. The van der Waals surface area contributed by atoms with Gasteiger partial charge in [-0.25, -0.2) is 12.8 Å². The summed E-state index contributed by atoms with van der Waals surface area (Å²) in [5, 5.41) is 0.498. The quantitative estimate of drug-likeness (QED) is 0.779. The van der Waals surface area contributed by atoms with Crippen molar-refractivity contribution in [3.05, 3.63) is 56.9 Å². The summed E-state index contributed by atoms with van der Waals surface area (Å²) in [5.41, 5.74) is 0.355. The third-order valence-corrected chi connectivity index (χ3v) is 4.83. The second-order valence-corrected chi connectivity index (χ2v) is 6.91. The van der Waals surface area contributed by atoms with Gasteiger partial charge in [-0.05, 0) is 52.9 Å². The molecule has 0 bridgehead atoms. The Morgan fingerprint density at radius 2 is 1.84 bits per heavy atom. The normalized spacial score (nSPS) is 11.3. The number of hydrogen-bond donors (Lipinski definition) is 1. The van der Waals surface area contributed by atoms with E-state index in [9.17, 15) is 12.8 Å². The molecule has 0 aliphatic carbocycles. The zero-order valence-electron chi connectivity index (χ0n) is 9.40. The number of rotatable bonds is 3. The number of sulfonamides is 1. The minimum atomic E-state index is -3.95. The van der Waals surface area contributed by atoms with Crippen LogP contribution in [-0.4, -0.2) is 8.42 Å². The summed E-state index contributed by atoms with van der Waals surface area (Å²) in [5.74, 6) is -0.793. The number of benzene rings is 2. The molecule has 7 heteroatoms. The first-order valence-electron chi connectivity index (χ1n) is 5.12. The fraction of sp³-hybridized carbons (Fsp3) is 0. The Morgan fingerprint density at radius 3 is 2.47 bits per heavy atom. The van der Waals surface area contributed by atoms with Crippen LogP contribution in [-0.2, 0) is 10.0 Å². The van der Waals surface area contributed by atoms with Crippen molar-refractivity contribution in [1.82, 2.24) is 0 Å². The van der Waals surface area contributed by atoms with E-state index in [-0.39, 0.29) is 4.90 Å². The van der Waals surface area contributed by atoms with Gasteiger partial charge in [-0.15, -0.1) is 0 Å². The lowest BCUT2D eigenvalue weighted by Gasteiger charge is -2.10. The summed E-state index contributed by atoms with van der Waals surface area (Å²) in [7, 11) is -3.95. The molecule has 0 unspecified atom stereocenters. The molecule has 3 nitrogen and oxygen atoms in total. The molecule has 100 valence electrons. The maximum Gasteiger partial charge on any atom is 0.264 e. The van der Waals surface area contributed by atoms with Crippen molar-refractivity contribution in [2.75, 3.05) is 4.72 Å². The highest BCUT2D eigenvalue weighted by molar-refractivity contribution is 14.1. The van der Waals surface area contributed by atoms with Crippen molar-refractivity contribution >= 4 is 49.9 Å². The summed E-state index contributed by atoms with van der Waals surface area (Å²) in [6.45, 7) is 0. The van der Waals surface area contributed by atoms with Crippen LogP contribution in [0, 0.1) is 9.39 Å². The van der Waals surface area contributed by atoms with Gasteiger partial charge in [-0.2, -0.15) is 0 Å². The van der Waals surface area contributed by atoms with E-state index in [2.05, 4.69) is 4.72 Å². The Labute approximate surface area is 129 Å². The topological polar surface area (TPSA) is 46.2 Å². The first kappa shape index (κ1) is 14.5. The minimum Gasteiger partial charge on any atom is -0.278 e. The van der Waals surface area contributed by atoms with E-state index in [1.807, 2.05) is 22.6 Å². The fourth-order valence-corrected chi connectivity index (χ4v) is 3.78. The zero-order valence-corrected chi connectivity index (χ0v) is 13.1. The van der Waals surface area contributed by atoms with Crippen LogP contribution in [0.4, 0.5) is 10.1 Å². The molecule has 0 saturated heterocycles. The molecule has 0 aliphatic rings. The Hall–Kier alpha value is -0.860. The maximum absolute atomic E-state index is 13.5. The van der Waals surface area contributed by atoms with E-state index >= 15 is 0 Å². The van der Waals surface area contributed by atoms with Crippen molar-refractivity contribution in [2.24, 2.45) is 0 Å². The summed E-state index contributed by atoms with van der Waals surface area (Å²) in [4.78, 5) is -0.388. The predicted molar refractivity (Wildman–Crippen MR) is 81.4 cm³/mol. The first-order chi connectivity index (χ1) is 8.90. The molecule has 0 heterocycles. The average molecular weight is 412 g/mol. The van der Waals surface area contributed by atoms with Crippen LogP contribution in [0.2, 0.25) is 5.02 Å². The van der Waals surface area contributed by atoms with Crippen LogP contribution in [0.15, 0.2) is 47.4 Å². The number of anilines is 1. The van der Waals surface area contributed by atoms with Crippen LogP contribution >= 0.6 is 34.2 Å². The molecular weight excluding hydrogens is 404 g/mol. The molecule has 2 aromatic rings. The highest BCUT2D eigenvalue weighted by Gasteiger charge is 2.19. The lowest BCUT2D eigenvalue weighted by molar-refractivity contribution is 0.570. The van der Waals surface area contributed by atoms with E-state index in [0.717, 1.165) is 6.07 Å². The van der Waals surface area contributed by atoms with Crippen molar-refractivity contribution < 1.29 is 12.8 Å². The van der Waals surface area contributed by atoms with Gasteiger partial charge >= 0.3 is 0 Å². The standard InChI is InChI=1S/C12H8ClFINO2S/c13-8-5-6-11(10(15)7-8)16-19(17,18)12-4-2-1-3-9(12)14/h1-7,16H. The van der Waals surface area contributed by atoms with Crippen LogP contribution < -0.4 is 4.72 Å². The Morgan fingerprint density at radius 1 is 1.16 bits per heavy atom. The fourth-order valence-electron chi connectivity index (χ4n) is 1.43. The molecule has 19 heavy (non-hydrogen) atoms. The van der Waals surface area contributed by atoms with Crippen LogP contribution in [0.3, 0.4) is 0 Å². The van der Waals surface area contributed by atoms with E-state index in [4.69, 9.17) is 11.6 Å². The molecule has 0 radical (unpaired) electrons. The molecular formula is C12H8ClFINO2S. The van der Waals surface area contributed by atoms with Crippen molar-refractivity contribution in [3.63, 3.8) is 0 Å². The van der Waals surface area contributed by atoms with Crippen LogP contribution in [0.5, 0.6) is 0 Å². The average Bonchev–Trinajstić information content (AvgIpc) is 2.33. The van der Waals surface area contributed by atoms with Gasteiger partial charge in [0.1, 0.15) is 10.7 Å². The summed E-state index contributed by atoms with van der Waals surface area (Å²) in [6.07, 6.45) is 0. The van der Waals surface area contributed by atoms with Gasteiger partial charge in [-0.3, -0.25) is 4.72 Å². The maximum atomic E-state index is 13.5. The monoisotopic (exact) mass is 411 g/mol. The van der Waals surface area contributed by atoms with E-state index in [1.54, 1.807) is 12.1 Å². The van der Waals surface area contributed by atoms with E-state index < -0.39 is 15.8 Å². The van der Waals surface area contributed by atoms with Gasteiger partial charge in [-0.1, -0.05) is 23.7 Å². The molecule has 2 aromatic carbocycles. The lowest BCUT2D eigenvalue weighted by atomic mass is 10.3. The lowest BCUT2D eigenvalue weighted by Crippen LogP contribution is -2.15. The molecule has 0 spiro atoms. The largest absolute Gasteiger partial charge is 0.278 e. The molecule has 0 aliphatic heterocycles. The van der Waals surface area contributed by atoms with E-state index in [1.165, 1.54) is 24.3 Å². The zero-order chi connectivity index (χ0) is 14.0. The van der Waals surface area contributed by atoms with Crippen molar-refractivity contribution in [1.29, 1.82) is 0 Å². The van der Waals surface area contributed by atoms with Crippen LogP contribution in [0.1, 0.15) is 0 Å². The number of hydrogen-bond acceptors (Lipinski definition) is 2. The molecule has 2 rings (SSSR count). The van der Waals surface area contributed by atoms with Gasteiger partial charge in [0.25, 0.3) is 10.0 Å². The van der Waals surface area contributed by atoms with Gasteiger partial charge < -0.3 is 0 Å². The first-order valence-corrected chi connectivity index (χ1v) is 8.06. The van der Waals surface area contributed by atoms with Gasteiger partial charge in [0.05, 0.1) is 5.69 Å². The van der Waals surface area contributed by atoms with Gasteiger partial charge in [0, 0.05) is 8.59 Å². The molecule has 0 amide bonds. The second-order valence-electron chi connectivity index (χ2n) is 3.66. The minimum absolute atomic E-state index is 0.355. The van der Waals surface area contributed by atoms with Gasteiger partial charge in [0.15, 0.2) is 0 Å². The second kappa shape index (κ2) is 5.64. The molecule has 0 fully saturated rings. The molecule has 1 N–H and O–H groups in total. The molecule has 0 saturated carbocycles. The van der Waals surface area contributed by atoms with Crippen LogP contribution in [0.25, 0.3) is 0 Å². The Balaban J connectivity index is 2.40. The smallest absolute Gasteiger partial charge is 0.264 e. The predicted octanol–water partition coefficient (Wildman–Crippen LogP) is 3.88. The highest BCUT2D eigenvalue weighted by Crippen LogP contribution is 2.25. The Bertz CT molecular complexity index is 721.